The smallest absolute Gasteiger partial charge is 0.305 e. The minimum atomic E-state index is -0.829. The van der Waals surface area contributed by atoms with Gasteiger partial charge in [-0.25, -0.2) is 4.98 Å². The van der Waals surface area contributed by atoms with Crippen molar-refractivity contribution in [2.24, 2.45) is 0 Å². The first-order chi connectivity index (χ1) is 17.6. The Labute approximate surface area is 218 Å². The van der Waals surface area contributed by atoms with E-state index >= 15 is 0 Å². The fraction of sp³-hybridized carbons (Fsp3) is 0.517. The molecule has 1 aromatic heterocycles. The number of aliphatic carboxylic acids is 1. The fourth-order valence-corrected chi connectivity index (χ4v) is 5.60. The summed E-state index contributed by atoms with van der Waals surface area (Å²) in [6.45, 7) is 7.55. The minimum Gasteiger partial charge on any atom is -0.494 e. The van der Waals surface area contributed by atoms with Gasteiger partial charge in [0, 0.05) is 47.4 Å². The number of ether oxygens (including phenoxy) is 1. The lowest BCUT2D eigenvalue weighted by Gasteiger charge is -2.32. The number of nitrogens with zero attached hydrogens (tertiary/aromatic N) is 3. The number of carboxylic acids is 1. The van der Waals surface area contributed by atoms with Crippen molar-refractivity contribution < 1.29 is 19.4 Å². The number of carbonyl (C=O) groups excluding carboxylic acids is 1. The number of carboxylic acid groups (broad SMARTS) is 1. The van der Waals surface area contributed by atoms with Crippen molar-refractivity contribution in [2.45, 2.75) is 76.8 Å². The number of pyridine rings is 1. The molecule has 2 aromatic rings. The third kappa shape index (κ3) is 4.93. The Bertz CT molecular complexity index is 1260. The number of hydrogen-bond acceptors (Lipinski definition) is 6. The number of rotatable bonds is 8. The van der Waals surface area contributed by atoms with Crippen molar-refractivity contribution in [3.8, 4) is 5.75 Å². The summed E-state index contributed by atoms with van der Waals surface area (Å²) in [5.74, 6) is 0.599. The van der Waals surface area contributed by atoms with Crippen LogP contribution in [-0.2, 0) is 16.8 Å². The average molecular weight is 505 g/mol. The zero-order valence-electron chi connectivity index (χ0n) is 22.1. The number of aromatic nitrogens is 1. The Morgan fingerprint density at radius 2 is 1.95 bits per heavy atom. The molecule has 3 aliphatic rings. The van der Waals surface area contributed by atoms with Gasteiger partial charge in [-0.2, -0.15) is 0 Å². The summed E-state index contributed by atoms with van der Waals surface area (Å²) in [6, 6.07) is 7.73. The van der Waals surface area contributed by atoms with Gasteiger partial charge >= 0.3 is 5.97 Å². The second-order valence-electron chi connectivity index (χ2n) is 11.6. The molecular weight excluding hydrogens is 468 g/mol. The van der Waals surface area contributed by atoms with E-state index < -0.39 is 5.97 Å². The molecule has 0 spiro atoms. The largest absolute Gasteiger partial charge is 0.494 e. The lowest BCUT2D eigenvalue weighted by atomic mass is 9.84. The summed E-state index contributed by atoms with van der Waals surface area (Å²) < 4.78 is 5.88. The Morgan fingerprint density at radius 3 is 2.59 bits per heavy atom. The van der Waals surface area contributed by atoms with Crippen LogP contribution in [0.5, 0.6) is 5.75 Å². The Balaban J connectivity index is 1.45. The van der Waals surface area contributed by atoms with Gasteiger partial charge in [-0.3, -0.25) is 15.0 Å². The second kappa shape index (κ2) is 9.47. The van der Waals surface area contributed by atoms with E-state index in [-0.39, 0.29) is 30.2 Å². The Kier molecular flexibility index (Phi) is 6.46. The summed E-state index contributed by atoms with van der Waals surface area (Å²) in [7, 11) is 1.63. The first kappa shape index (κ1) is 25.2. The summed E-state index contributed by atoms with van der Waals surface area (Å²) >= 11 is 0. The van der Waals surface area contributed by atoms with E-state index in [1.165, 1.54) is 0 Å². The van der Waals surface area contributed by atoms with Gasteiger partial charge in [0.15, 0.2) is 5.78 Å². The monoisotopic (exact) mass is 504 g/mol. The van der Waals surface area contributed by atoms with E-state index in [2.05, 4.69) is 31.7 Å². The van der Waals surface area contributed by atoms with Crippen LogP contribution in [0.2, 0.25) is 0 Å². The van der Waals surface area contributed by atoms with Crippen LogP contribution in [-0.4, -0.2) is 58.8 Å². The van der Waals surface area contributed by atoms with E-state index in [0.29, 0.717) is 35.3 Å². The van der Waals surface area contributed by atoms with Gasteiger partial charge in [0.2, 0.25) is 0 Å². The topological polar surface area (TPSA) is 107 Å². The number of amidine groups is 1. The highest BCUT2D eigenvalue weighted by atomic mass is 16.5. The van der Waals surface area contributed by atoms with E-state index in [1.54, 1.807) is 12.0 Å². The van der Waals surface area contributed by atoms with Gasteiger partial charge in [-0.15, -0.1) is 0 Å². The number of hydrogen-bond donors (Lipinski definition) is 2. The number of ketones is 1. The summed E-state index contributed by atoms with van der Waals surface area (Å²) in [6.07, 6.45) is 4.04. The first-order valence-corrected chi connectivity index (χ1v) is 13.1. The quantitative estimate of drug-likeness (QED) is 0.501. The molecule has 8 heteroatoms. The number of methoxy groups -OCH3 is 1. The zero-order valence-corrected chi connectivity index (χ0v) is 22.1. The highest BCUT2D eigenvalue weighted by Crippen LogP contribution is 2.43. The second-order valence-corrected chi connectivity index (χ2v) is 11.6. The van der Waals surface area contributed by atoms with E-state index in [4.69, 9.17) is 15.1 Å². The van der Waals surface area contributed by atoms with E-state index in [9.17, 15) is 14.7 Å². The summed E-state index contributed by atoms with van der Waals surface area (Å²) in [5.41, 5.74) is 4.67. The molecule has 1 aromatic carbocycles. The maximum atomic E-state index is 13.7. The molecule has 0 bridgehead atoms. The van der Waals surface area contributed by atoms with Gasteiger partial charge in [0.1, 0.15) is 17.3 Å². The molecule has 1 saturated heterocycles. The lowest BCUT2D eigenvalue weighted by Crippen LogP contribution is -2.33. The first-order valence-electron chi connectivity index (χ1n) is 13.1. The number of anilines is 1. The minimum absolute atomic E-state index is 0.0468. The van der Waals surface area contributed by atoms with E-state index in [0.717, 1.165) is 54.7 Å². The van der Waals surface area contributed by atoms with Crippen LogP contribution >= 0.6 is 0 Å². The molecule has 37 heavy (non-hydrogen) atoms. The van der Waals surface area contributed by atoms with Crippen LogP contribution in [0.25, 0.3) is 0 Å². The standard InChI is InChI=1S/C29H36N4O4/c1-29(2,3)21-12-19(13-23(27(21)37-4)33-11-5-6-20(33)14-25(35)36)24(34)16-32-15-18-9-10-22(17-7-8-17)31-26(18)28(32)30/h9-10,12-13,17,20,30H,5-8,11,14-16H2,1-4H3,(H,35,36). The van der Waals surface area contributed by atoms with E-state index in [1.807, 2.05) is 18.2 Å². The van der Waals surface area contributed by atoms with Gasteiger partial charge in [-0.1, -0.05) is 26.8 Å². The Morgan fingerprint density at radius 1 is 1.19 bits per heavy atom. The lowest BCUT2D eigenvalue weighted by molar-refractivity contribution is -0.137. The van der Waals surface area contributed by atoms with Crippen molar-refractivity contribution in [2.75, 3.05) is 25.1 Å². The molecule has 5 rings (SSSR count). The molecule has 1 atom stereocenters. The number of nitrogens with one attached hydrogen (secondary N) is 1. The van der Waals surface area contributed by atoms with Crippen LogP contribution in [0, 0.1) is 5.41 Å². The molecule has 8 nitrogen and oxygen atoms in total. The van der Waals surface area contributed by atoms with Crippen LogP contribution in [0.1, 0.15) is 91.7 Å². The maximum absolute atomic E-state index is 13.7. The zero-order chi connectivity index (χ0) is 26.5. The van der Waals surface area contributed by atoms with Crippen LogP contribution in [0.4, 0.5) is 5.69 Å². The molecule has 3 heterocycles. The fourth-order valence-electron chi connectivity index (χ4n) is 5.60. The number of carbonyl (C=O) groups is 2. The SMILES string of the molecule is COc1c(N2CCCC2CC(=O)O)cc(C(=O)CN2Cc3ccc(C4CC4)nc3C2=N)cc1C(C)(C)C. The third-order valence-electron chi connectivity index (χ3n) is 7.73. The normalized spacial score (nSPS) is 19.4. The predicted molar refractivity (Wildman–Crippen MR) is 142 cm³/mol. The van der Waals surface area contributed by atoms with Crippen molar-refractivity contribution in [3.05, 3.63) is 52.3 Å². The highest BCUT2D eigenvalue weighted by Gasteiger charge is 2.34. The van der Waals surface area contributed by atoms with Crippen molar-refractivity contribution in [1.82, 2.24) is 9.88 Å². The molecular formula is C29H36N4O4. The summed E-state index contributed by atoms with van der Waals surface area (Å²) in [4.78, 5) is 33.8. The molecule has 196 valence electrons. The van der Waals surface area contributed by atoms with Gasteiger partial charge in [0.25, 0.3) is 0 Å². The number of benzene rings is 1. The van der Waals surface area contributed by atoms with Gasteiger partial charge in [0.05, 0.1) is 25.8 Å². The van der Waals surface area contributed by atoms with Crippen molar-refractivity contribution in [1.29, 1.82) is 5.41 Å². The molecule has 1 aliphatic carbocycles. The molecule has 1 unspecified atom stereocenters. The van der Waals surface area contributed by atoms with Crippen molar-refractivity contribution in [3.63, 3.8) is 0 Å². The van der Waals surface area contributed by atoms with Gasteiger partial charge < -0.3 is 19.6 Å². The van der Waals surface area contributed by atoms with Crippen molar-refractivity contribution >= 4 is 23.3 Å². The van der Waals surface area contributed by atoms with Crippen LogP contribution < -0.4 is 9.64 Å². The number of Topliss-reactive ketones (excluding diaryl/α,β-unsaturated/α-hetero) is 1. The number of fused-ring (bicyclic) bond motifs is 1. The molecule has 0 amide bonds. The highest BCUT2D eigenvalue weighted by molar-refractivity contribution is 6.05. The average Bonchev–Trinajstić information content (AvgIpc) is 3.53. The molecule has 0 radical (unpaired) electrons. The third-order valence-corrected chi connectivity index (χ3v) is 7.73. The Hall–Kier alpha value is -3.42. The van der Waals surface area contributed by atoms with Crippen LogP contribution in [0.15, 0.2) is 24.3 Å². The molecule has 2 aliphatic heterocycles. The molecule has 2 fully saturated rings. The van der Waals surface area contributed by atoms with Gasteiger partial charge in [-0.05, 0) is 49.3 Å². The molecule has 2 N–H and O–H groups in total. The van der Waals surface area contributed by atoms with Crippen LogP contribution in [0.3, 0.4) is 0 Å². The predicted octanol–water partition coefficient (Wildman–Crippen LogP) is 4.73. The molecule has 1 saturated carbocycles. The summed E-state index contributed by atoms with van der Waals surface area (Å²) in [5, 5.41) is 18.2. The maximum Gasteiger partial charge on any atom is 0.305 e.